The molecule has 0 saturated carbocycles. The largest absolute Gasteiger partial charge is 0.493 e. The maximum absolute atomic E-state index is 14.1. The highest BCUT2D eigenvalue weighted by molar-refractivity contribution is 5.64. The fourth-order valence-corrected chi connectivity index (χ4v) is 4.90. The third-order valence-electron chi connectivity index (χ3n) is 6.81. The number of benzene rings is 2. The number of hydrogen-bond acceptors (Lipinski definition) is 9. The molecule has 0 radical (unpaired) electrons. The van der Waals surface area contributed by atoms with E-state index in [1.807, 2.05) is 25.1 Å². The summed E-state index contributed by atoms with van der Waals surface area (Å²) in [6.45, 7) is 2.20. The van der Waals surface area contributed by atoms with Crippen LogP contribution >= 0.6 is 0 Å². The number of rotatable bonds is 9. The van der Waals surface area contributed by atoms with Crippen molar-refractivity contribution < 1.29 is 28.4 Å². The minimum absolute atomic E-state index is 0.0753. The molecule has 1 aliphatic heterocycles. The molecule has 2 N–H and O–H groups in total. The van der Waals surface area contributed by atoms with Crippen LogP contribution < -0.4 is 39.7 Å². The number of fused-ring (bicyclic) bond motifs is 1. The summed E-state index contributed by atoms with van der Waals surface area (Å²) in [6, 6.07) is 13.0. The molecule has 10 heteroatoms. The van der Waals surface area contributed by atoms with Crippen LogP contribution in [0.3, 0.4) is 0 Å². The van der Waals surface area contributed by atoms with Gasteiger partial charge in [-0.3, -0.25) is 4.79 Å². The third-order valence-corrected chi connectivity index (χ3v) is 6.81. The molecule has 0 saturated heterocycles. The summed E-state index contributed by atoms with van der Waals surface area (Å²) >= 11 is 0. The second-order valence-electron chi connectivity index (χ2n) is 8.81. The average molecular weight is 534 g/mol. The van der Waals surface area contributed by atoms with Crippen molar-refractivity contribution in [1.29, 1.82) is 5.26 Å². The molecule has 0 amide bonds. The molecule has 1 atom stereocenters. The van der Waals surface area contributed by atoms with Crippen molar-refractivity contribution in [3.63, 3.8) is 0 Å². The lowest BCUT2D eigenvalue weighted by atomic mass is 9.83. The summed E-state index contributed by atoms with van der Waals surface area (Å²) in [5.41, 5.74) is 8.43. The Hall–Kier alpha value is -4.78. The van der Waals surface area contributed by atoms with Crippen molar-refractivity contribution >= 4 is 0 Å². The molecule has 0 spiro atoms. The van der Waals surface area contributed by atoms with E-state index in [-0.39, 0.29) is 22.6 Å². The lowest BCUT2D eigenvalue weighted by Crippen LogP contribution is -2.33. The molecule has 1 aliphatic rings. The fraction of sp³-hybridized carbons (Fsp3) is 0.310. The van der Waals surface area contributed by atoms with Crippen LogP contribution in [0.15, 0.2) is 52.6 Å². The topological polar surface area (TPSA) is 127 Å². The Morgan fingerprint density at radius 1 is 0.923 bits per heavy atom. The van der Waals surface area contributed by atoms with E-state index in [4.69, 9.17) is 34.2 Å². The van der Waals surface area contributed by atoms with Crippen LogP contribution in [0.4, 0.5) is 0 Å². The molecule has 0 unspecified atom stereocenters. The molecule has 1 aromatic heterocycles. The number of nitrogens with two attached hydrogens (primary N) is 1. The van der Waals surface area contributed by atoms with E-state index in [2.05, 4.69) is 6.07 Å². The molecular weight excluding hydrogens is 502 g/mol. The van der Waals surface area contributed by atoms with E-state index in [9.17, 15) is 10.1 Å². The number of nitrogens with zero attached hydrogens (tertiary/aromatic N) is 2. The summed E-state index contributed by atoms with van der Waals surface area (Å²) in [7, 11) is 7.64. The molecular formula is C29H31N3O7. The molecule has 10 nitrogen and oxygen atoms in total. The summed E-state index contributed by atoms with van der Waals surface area (Å²) in [4.78, 5) is 14.1. The van der Waals surface area contributed by atoms with Gasteiger partial charge in [-0.05, 0) is 37.1 Å². The van der Waals surface area contributed by atoms with Gasteiger partial charge < -0.3 is 38.7 Å². The number of hydrogen-bond donors (Lipinski definition) is 1. The fourth-order valence-electron chi connectivity index (χ4n) is 4.90. The van der Waals surface area contributed by atoms with E-state index in [1.54, 1.807) is 37.0 Å². The first-order valence-electron chi connectivity index (χ1n) is 12.1. The molecule has 3 aromatic rings. The minimum Gasteiger partial charge on any atom is -0.493 e. The third kappa shape index (κ3) is 4.79. The molecule has 2 heterocycles. The maximum Gasteiger partial charge on any atom is 0.258 e. The SMILES string of the molecule is COc1ccc(CCn2c(C)cc3c(c2=O)[C@@H](c2ccc(OC)c(OC)c2OC)C(C#N)=C(N)O3)cc1OC. The zero-order chi connectivity index (χ0) is 28.3. The van der Waals surface area contributed by atoms with Crippen molar-refractivity contribution in [3.05, 3.63) is 80.6 Å². The van der Waals surface area contributed by atoms with Crippen LogP contribution in [0, 0.1) is 18.3 Å². The highest BCUT2D eigenvalue weighted by Gasteiger charge is 2.37. The highest BCUT2D eigenvalue weighted by atomic mass is 16.5. The highest BCUT2D eigenvalue weighted by Crippen LogP contribution is 2.49. The summed E-state index contributed by atoms with van der Waals surface area (Å²) in [5.74, 6) is 1.70. The monoisotopic (exact) mass is 533 g/mol. The smallest absolute Gasteiger partial charge is 0.258 e. The normalized spacial score (nSPS) is 14.1. The number of methoxy groups -OCH3 is 5. The van der Waals surface area contributed by atoms with Crippen LogP contribution in [-0.4, -0.2) is 40.1 Å². The van der Waals surface area contributed by atoms with Gasteiger partial charge in [0.1, 0.15) is 17.4 Å². The van der Waals surface area contributed by atoms with Gasteiger partial charge in [0, 0.05) is 23.9 Å². The van der Waals surface area contributed by atoms with Crippen molar-refractivity contribution in [1.82, 2.24) is 4.57 Å². The van der Waals surface area contributed by atoms with Gasteiger partial charge in [0.2, 0.25) is 11.6 Å². The zero-order valence-corrected chi connectivity index (χ0v) is 22.8. The van der Waals surface area contributed by atoms with Gasteiger partial charge in [-0.15, -0.1) is 0 Å². The molecule has 0 fully saturated rings. The number of ether oxygens (including phenoxy) is 6. The standard InChI is InChI=1S/C29H31N3O7/c1-16-13-23-25(29(33)32(16)12-11-17-7-9-20(34-2)22(14-17)36-4)24(19(15-30)28(31)39-23)18-8-10-21(35-3)27(38-6)26(18)37-5/h7-10,13-14,24H,11-12,31H2,1-6H3/t24-/m0/s1. The molecule has 0 bridgehead atoms. The van der Waals surface area contributed by atoms with Gasteiger partial charge in [-0.1, -0.05) is 12.1 Å². The van der Waals surface area contributed by atoms with Crippen molar-refractivity contribution in [2.75, 3.05) is 35.5 Å². The number of aryl methyl sites for hydroxylation is 2. The Bertz CT molecular complexity index is 1540. The second kappa shape index (κ2) is 11.3. The van der Waals surface area contributed by atoms with Gasteiger partial charge in [0.05, 0.1) is 47.0 Å². The molecule has 0 aliphatic carbocycles. The van der Waals surface area contributed by atoms with E-state index >= 15 is 0 Å². The number of pyridine rings is 1. The van der Waals surface area contributed by atoms with Gasteiger partial charge in [0.15, 0.2) is 23.0 Å². The Morgan fingerprint density at radius 3 is 2.21 bits per heavy atom. The second-order valence-corrected chi connectivity index (χ2v) is 8.81. The van der Waals surface area contributed by atoms with Gasteiger partial charge in [-0.25, -0.2) is 0 Å². The van der Waals surface area contributed by atoms with Crippen LogP contribution in [0.25, 0.3) is 0 Å². The Morgan fingerprint density at radius 2 is 1.59 bits per heavy atom. The van der Waals surface area contributed by atoms with Crippen LogP contribution in [0.1, 0.15) is 28.3 Å². The van der Waals surface area contributed by atoms with Crippen molar-refractivity contribution in [2.24, 2.45) is 5.73 Å². The molecule has 2 aromatic carbocycles. The van der Waals surface area contributed by atoms with Crippen LogP contribution in [0.5, 0.6) is 34.5 Å². The first-order chi connectivity index (χ1) is 18.8. The maximum atomic E-state index is 14.1. The number of allylic oxidation sites excluding steroid dienone is 1. The van der Waals surface area contributed by atoms with E-state index in [1.165, 1.54) is 21.3 Å². The van der Waals surface area contributed by atoms with Gasteiger partial charge in [-0.2, -0.15) is 5.26 Å². The predicted molar refractivity (Wildman–Crippen MR) is 144 cm³/mol. The quantitative estimate of drug-likeness (QED) is 0.438. The first kappa shape index (κ1) is 27.3. The molecule has 39 heavy (non-hydrogen) atoms. The Kier molecular flexibility index (Phi) is 7.91. The van der Waals surface area contributed by atoms with Crippen molar-refractivity contribution in [3.8, 4) is 40.6 Å². The molecule has 4 rings (SSSR count). The lowest BCUT2D eigenvalue weighted by Gasteiger charge is -2.29. The number of nitriles is 1. The van der Waals surface area contributed by atoms with Crippen LogP contribution in [0.2, 0.25) is 0 Å². The lowest BCUT2D eigenvalue weighted by molar-refractivity contribution is 0.321. The van der Waals surface area contributed by atoms with E-state index < -0.39 is 5.92 Å². The summed E-state index contributed by atoms with van der Waals surface area (Å²) in [6.07, 6.45) is 0.550. The summed E-state index contributed by atoms with van der Waals surface area (Å²) in [5, 5.41) is 10.1. The van der Waals surface area contributed by atoms with E-state index in [0.717, 1.165) is 5.56 Å². The Labute approximate surface area is 226 Å². The van der Waals surface area contributed by atoms with Gasteiger partial charge >= 0.3 is 0 Å². The van der Waals surface area contributed by atoms with E-state index in [0.29, 0.717) is 58.7 Å². The predicted octanol–water partition coefficient (Wildman–Crippen LogP) is 3.66. The summed E-state index contributed by atoms with van der Waals surface area (Å²) < 4.78 is 34.9. The van der Waals surface area contributed by atoms with Gasteiger partial charge in [0.25, 0.3) is 5.56 Å². The Balaban J connectivity index is 1.85. The number of aromatic nitrogens is 1. The average Bonchev–Trinajstić information content (AvgIpc) is 2.95. The first-order valence-corrected chi connectivity index (χ1v) is 12.1. The minimum atomic E-state index is -0.853. The van der Waals surface area contributed by atoms with Crippen molar-refractivity contribution in [2.45, 2.75) is 25.8 Å². The zero-order valence-electron chi connectivity index (χ0n) is 22.8. The van der Waals surface area contributed by atoms with Crippen LogP contribution in [-0.2, 0) is 13.0 Å². The molecule has 204 valence electrons.